The summed E-state index contributed by atoms with van der Waals surface area (Å²) in [5.74, 6) is -0.937. The molecular weight excluding hydrogens is 267 g/mol. The number of hydrogen-bond donors (Lipinski definition) is 0. The van der Waals surface area contributed by atoms with Gasteiger partial charge in [-0.1, -0.05) is 12.1 Å². The Morgan fingerprint density at radius 2 is 2.05 bits per heavy atom. The number of rotatable bonds is 3. The van der Waals surface area contributed by atoms with Crippen molar-refractivity contribution in [1.82, 2.24) is 4.90 Å². The number of nitro groups is 1. The van der Waals surface area contributed by atoms with Gasteiger partial charge in [-0.25, -0.2) is 4.79 Å². The third kappa shape index (κ3) is 4.18. The van der Waals surface area contributed by atoms with Crippen molar-refractivity contribution in [2.24, 2.45) is 0 Å². The molecule has 0 aliphatic carbocycles. The summed E-state index contributed by atoms with van der Waals surface area (Å²) in [7, 11) is 1.44. The van der Waals surface area contributed by atoms with Gasteiger partial charge in [0.2, 0.25) is 5.82 Å². The summed E-state index contributed by atoms with van der Waals surface area (Å²) in [4.78, 5) is 22.7. The van der Waals surface area contributed by atoms with E-state index in [1.165, 1.54) is 19.2 Å². The van der Waals surface area contributed by atoms with Gasteiger partial charge >= 0.3 is 11.8 Å². The minimum Gasteiger partial charge on any atom is -0.444 e. The molecule has 1 rings (SSSR count). The minimum absolute atomic E-state index is 0.0626. The van der Waals surface area contributed by atoms with E-state index in [1.807, 2.05) is 0 Å². The molecule has 0 spiro atoms. The first-order valence-corrected chi connectivity index (χ1v) is 5.97. The molecule has 0 N–H and O–H groups in total. The van der Waals surface area contributed by atoms with Gasteiger partial charge in [0.25, 0.3) is 0 Å². The molecule has 0 aliphatic rings. The number of nitro benzene ring substituents is 1. The molecule has 1 aromatic carbocycles. The molecule has 1 aromatic rings. The summed E-state index contributed by atoms with van der Waals surface area (Å²) in [5, 5.41) is 10.6. The molecule has 0 unspecified atom stereocenters. The van der Waals surface area contributed by atoms with Crippen LogP contribution in [-0.2, 0) is 11.3 Å². The average Bonchev–Trinajstić information content (AvgIpc) is 2.29. The Kier molecular flexibility index (Phi) is 4.65. The van der Waals surface area contributed by atoms with Crippen LogP contribution in [0.2, 0.25) is 0 Å². The lowest BCUT2D eigenvalue weighted by Crippen LogP contribution is -2.34. The van der Waals surface area contributed by atoms with Crippen molar-refractivity contribution in [1.29, 1.82) is 0 Å². The summed E-state index contributed by atoms with van der Waals surface area (Å²) >= 11 is 0. The van der Waals surface area contributed by atoms with Gasteiger partial charge in [0.1, 0.15) is 5.60 Å². The third-order valence-electron chi connectivity index (χ3n) is 2.37. The standard InChI is InChI=1S/C13H17FN2O4/c1-13(2,3)20-12(17)15(4)8-9-6-5-7-10(11(9)14)16(18)19/h5-7H,8H2,1-4H3. The first-order chi connectivity index (χ1) is 9.11. The largest absolute Gasteiger partial charge is 0.444 e. The summed E-state index contributed by atoms with van der Waals surface area (Å²) in [6.07, 6.45) is -0.622. The maximum Gasteiger partial charge on any atom is 0.410 e. The van der Waals surface area contributed by atoms with Crippen molar-refractivity contribution in [3.63, 3.8) is 0 Å². The molecule has 0 saturated heterocycles. The summed E-state index contributed by atoms with van der Waals surface area (Å²) in [5.41, 5.74) is -1.21. The van der Waals surface area contributed by atoms with E-state index >= 15 is 0 Å². The Balaban J connectivity index is 2.86. The van der Waals surface area contributed by atoms with E-state index in [2.05, 4.69) is 0 Å². The molecule has 0 aliphatic heterocycles. The smallest absolute Gasteiger partial charge is 0.410 e. The first kappa shape index (κ1) is 15.9. The number of carbonyl (C=O) groups is 1. The number of amides is 1. The fourth-order valence-electron chi connectivity index (χ4n) is 1.49. The molecule has 1 amide bonds. The molecule has 20 heavy (non-hydrogen) atoms. The van der Waals surface area contributed by atoms with Gasteiger partial charge in [0.05, 0.1) is 11.5 Å². The zero-order valence-electron chi connectivity index (χ0n) is 11.8. The lowest BCUT2D eigenvalue weighted by atomic mass is 10.1. The number of ether oxygens (including phenoxy) is 1. The van der Waals surface area contributed by atoms with Crippen LogP contribution in [0.25, 0.3) is 0 Å². The lowest BCUT2D eigenvalue weighted by molar-refractivity contribution is -0.387. The highest BCUT2D eigenvalue weighted by atomic mass is 19.1. The Hall–Kier alpha value is -2.18. The number of benzene rings is 1. The molecule has 110 valence electrons. The van der Waals surface area contributed by atoms with E-state index < -0.39 is 28.1 Å². The summed E-state index contributed by atoms with van der Waals surface area (Å²) < 4.78 is 19.0. The van der Waals surface area contributed by atoms with E-state index in [0.29, 0.717) is 0 Å². The Bertz CT molecular complexity index is 526. The fourth-order valence-corrected chi connectivity index (χ4v) is 1.49. The van der Waals surface area contributed by atoms with Gasteiger partial charge < -0.3 is 9.64 Å². The molecule has 7 heteroatoms. The zero-order valence-corrected chi connectivity index (χ0v) is 11.8. The summed E-state index contributed by atoms with van der Waals surface area (Å²) in [6, 6.07) is 3.84. The molecule has 0 heterocycles. The molecule has 0 aromatic heterocycles. The molecule has 6 nitrogen and oxygen atoms in total. The fraction of sp³-hybridized carbons (Fsp3) is 0.462. The SMILES string of the molecule is CN(Cc1cccc([N+](=O)[O-])c1F)C(=O)OC(C)(C)C. The third-order valence-corrected chi connectivity index (χ3v) is 2.37. The number of halogens is 1. The van der Waals surface area contributed by atoms with Crippen LogP contribution >= 0.6 is 0 Å². The van der Waals surface area contributed by atoms with Crippen LogP contribution in [0.4, 0.5) is 14.9 Å². The highest BCUT2D eigenvalue weighted by molar-refractivity contribution is 5.67. The van der Waals surface area contributed by atoms with Crippen LogP contribution in [0.15, 0.2) is 18.2 Å². The van der Waals surface area contributed by atoms with Crippen LogP contribution < -0.4 is 0 Å². The second-order valence-electron chi connectivity index (χ2n) is 5.34. The average molecular weight is 284 g/mol. The molecule has 0 bridgehead atoms. The van der Waals surface area contributed by atoms with Gasteiger partial charge in [-0.15, -0.1) is 0 Å². The highest BCUT2D eigenvalue weighted by Gasteiger charge is 2.22. The van der Waals surface area contributed by atoms with Crippen molar-refractivity contribution in [2.45, 2.75) is 32.9 Å². The second kappa shape index (κ2) is 5.85. The topological polar surface area (TPSA) is 72.7 Å². The predicted octanol–water partition coefficient (Wildman–Crippen LogP) is 3.10. The van der Waals surface area contributed by atoms with E-state index in [0.717, 1.165) is 11.0 Å². The molecule has 0 fully saturated rings. The van der Waals surface area contributed by atoms with Gasteiger partial charge in [-0.2, -0.15) is 4.39 Å². The van der Waals surface area contributed by atoms with Gasteiger partial charge in [-0.05, 0) is 20.8 Å². The summed E-state index contributed by atoms with van der Waals surface area (Å²) in [6.45, 7) is 5.04. The van der Waals surface area contributed by atoms with Crippen molar-refractivity contribution in [3.05, 3.63) is 39.7 Å². The normalized spacial score (nSPS) is 11.1. The highest BCUT2D eigenvalue weighted by Crippen LogP contribution is 2.21. The quantitative estimate of drug-likeness (QED) is 0.631. The molecule has 0 atom stereocenters. The van der Waals surface area contributed by atoms with Gasteiger partial charge in [0.15, 0.2) is 0 Å². The van der Waals surface area contributed by atoms with E-state index in [4.69, 9.17) is 4.74 Å². The predicted molar refractivity (Wildman–Crippen MR) is 70.8 cm³/mol. The van der Waals surface area contributed by atoms with Crippen LogP contribution in [0.5, 0.6) is 0 Å². The van der Waals surface area contributed by atoms with Crippen molar-refractivity contribution in [3.8, 4) is 0 Å². The van der Waals surface area contributed by atoms with Crippen molar-refractivity contribution in [2.75, 3.05) is 7.05 Å². The molecule has 0 radical (unpaired) electrons. The van der Waals surface area contributed by atoms with E-state index in [-0.39, 0.29) is 12.1 Å². The first-order valence-electron chi connectivity index (χ1n) is 5.97. The monoisotopic (exact) mass is 284 g/mol. The molecule has 0 saturated carbocycles. The number of hydrogen-bond acceptors (Lipinski definition) is 4. The van der Waals surface area contributed by atoms with Gasteiger partial charge in [0, 0.05) is 18.7 Å². The van der Waals surface area contributed by atoms with Crippen molar-refractivity contribution >= 4 is 11.8 Å². The van der Waals surface area contributed by atoms with Crippen molar-refractivity contribution < 1.29 is 18.8 Å². The van der Waals surface area contributed by atoms with Crippen LogP contribution in [0.3, 0.4) is 0 Å². The van der Waals surface area contributed by atoms with Gasteiger partial charge in [-0.3, -0.25) is 10.1 Å². The van der Waals surface area contributed by atoms with E-state index in [1.54, 1.807) is 20.8 Å². The lowest BCUT2D eigenvalue weighted by Gasteiger charge is -2.24. The number of carbonyl (C=O) groups excluding carboxylic acids is 1. The second-order valence-corrected chi connectivity index (χ2v) is 5.34. The van der Waals surface area contributed by atoms with E-state index in [9.17, 15) is 19.3 Å². The number of nitrogens with zero attached hydrogens (tertiary/aromatic N) is 2. The van der Waals surface area contributed by atoms with Crippen LogP contribution in [0.1, 0.15) is 26.3 Å². The maximum absolute atomic E-state index is 13.9. The van der Waals surface area contributed by atoms with Crippen LogP contribution in [-0.4, -0.2) is 28.6 Å². The van der Waals surface area contributed by atoms with Crippen LogP contribution in [0, 0.1) is 15.9 Å². The Morgan fingerprint density at radius 3 is 2.55 bits per heavy atom. The maximum atomic E-state index is 13.9. The zero-order chi connectivity index (χ0) is 15.5. The minimum atomic E-state index is -0.937. The Morgan fingerprint density at radius 1 is 1.45 bits per heavy atom. The Labute approximate surface area is 116 Å². The molecular formula is C13H17FN2O4.